The second-order valence-corrected chi connectivity index (χ2v) is 3.42. The fourth-order valence-corrected chi connectivity index (χ4v) is 1.56. The van der Waals surface area contributed by atoms with E-state index < -0.39 is 12.4 Å². The number of amides is 1. The van der Waals surface area contributed by atoms with Crippen LogP contribution in [0.2, 0.25) is 0 Å². The molecule has 13 heavy (non-hydrogen) atoms. The zero-order valence-corrected chi connectivity index (χ0v) is 7.80. The first-order valence-corrected chi connectivity index (χ1v) is 4.30. The fourth-order valence-electron chi connectivity index (χ4n) is 1.56. The van der Waals surface area contributed by atoms with Crippen molar-refractivity contribution in [3.05, 3.63) is 0 Å². The first-order valence-electron chi connectivity index (χ1n) is 4.30. The van der Waals surface area contributed by atoms with Gasteiger partial charge in [0, 0.05) is 19.5 Å². The van der Waals surface area contributed by atoms with Gasteiger partial charge in [0.05, 0.1) is 6.10 Å². The molecular weight excluding hydrogens is 174 g/mol. The molecule has 0 aromatic carbocycles. The first kappa shape index (κ1) is 10.3. The Morgan fingerprint density at radius 1 is 1.54 bits per heavy atom. The van der Waals surface area contributed by atoms with E-state index in [4.69, 9.17) is 9.84 Å². The lowest BCUT2D eigenvalue weighted by Gasteiger charge is -2.35. The molecule has 5 heteroatoms. The van der Waals surface area contributed by atoms with Crippen LogP contribution >= 0.6 is 0 Å². The number of ether oxygens (including phenoxy) is 1. The van der Waals surface area contributed by atoms with Crippen molar-refractivity contribution in [3.63, 3.8) is 0 Å². The summed E-state index contributed by atoms with van der Waals surface area (Å²) in [5, 5.41) is 17.9. The zero-order valence-electron chi connectivity index (χ0n) is 7.80. The van der Waals surface area contributed by atoms with E-state index in [9.17, 15) is 9.90 Å². The number of carboxylic acid groups (broad SMARTS) is 1. The van der Waals surface area contributed by atoms with Crippen molar-refractivity contribution in [2.45, 2.75) is 38.2 Å². The quantitative estimate of drug-likeness (QED) is 0.629. The highest BCUT2D eigenvalue weighted by Gasteiger charge is 2.30. The number of aliphatic hydroxyl groups is 1. The highest BCUT2D eigenvalue weighted by Crippen LogP contribution is 2.21. The lowest BCUT2D eigenvalue weighted by molar-refractivity contribution is -0.171. The maximum Gasteiger partial charge on any atom is 0.407 e. The third-order valence-electron chi connectivity index (χ3n) is 2.32. The first-order chi connectivity index (χ1) is 6.00. The van der Waals surface area contributed by atoms with Gasteiger partial charge in [-0.2, -0.15) is 0 Å². The standard InChI is InChI=1S/C8H15NO4/c1-5-3-6(4-7(10)13-5)9(2)8(11)12/h5-7,10H,3-4H2,1-2H3,(H,11,12)/t5-,6+,7?/m1/s1. The topological polar surface area (TPSA) is 70.0 Å². The predicted molar refractivity (Wildman–Crippen MR) is 45.4 cm³/mol. The molecule has 2 N–H and O–H groups in total. The minimum atomic E-state index is -0.966. The summed E-state index contributed by atoms with van der Waals surface area (Å²) in [5.41, 5.74) is 0. The summed E-state index contributed by atoms with van der Waals surface area (Å²) < 4.78 is 5.08. The lowest BCUT2D eigenvalue weighted by Crippen LogP contribution is -2.45. The Morgan fingerprint density at radius 3 is 2.62 bits per heavy atom. The number of hydrogen-bond acceptors (Lipinski definition) is 3. The molecule has 76 valence electrons. The maximum absolute atomic E-state index is 10.6. The normalized spacial score (nSPS) is 34.2. The maximum atomic E-state index is 10.6. The number of nitrogens with zero attached hydrogens (tertiary/aromatic N) is 1. The summed E-state index contributed by atoms with van der Waals surface area (Å²) in [6, 6.07) is -0.142. The molecule has 0 saturated carbocycles. The Labute approximate surface area is 76.9 Å². The summed E-state index contributed by atoms with van der Waals surface area (Å²) in [7, 11) is 1.51. The molecule has 0 aliphatic carbocycles. The van der Waals surface area contributed by atoms with Crippen LogP contribution < -0.4 is 0 Å². The molecule has 1 aliphatic rings. The third-order valence-corrected chi connectivity index (χ3v) is 2.32. The molecule has 1 saturated heterocycles. The smallest absolute Gasteiger partial charge is 0.407 e. The van der Waals surface area contributed by atoms with E-state index in [2.05, 4.69) is 0 Å². The minimum absolute atomic E-state index is 0.0875. The number of rotatable bonds is 1. The summed E-state index contributed by atoms with van der Waals surface area (Å²) in [6.07, 6.45) is -0.898. The van der Waals surface area contributed by atoms with Crippen LogP contribution in [-0.2, 0) is 4.74 Å². The second kappa shape index (κ2) is 3.93. The van der Waals surface area contributed by atoms with Gasteiger partial charge in [0.1, 0.15) is 0 Å². The lowest BCUT2D eigenvalue weighted by atomic mass is 10.0. The summed E-state index contributed by atoms with van der Waals surface area (Å²) >= 11 is 0. The van der Waals surface area contributed by atoms with Gasteiger partial charge in [-0.3, -0.25) is 0 Å². The Morgan fingerprint density at radius 2 is 2.15 bits per heavy atom. The van der Waals surface area contributed by atoms with Crippen molar-refractivity contribution >= 4 is 6.09 Å². The molecule has 1 unspecified atom stereocenters. The van der Waals surface area contributed by atoms with Gasteiger partial charge in [0.2, 0.25) is 0 Å². The average molecular weight is 189 g/mol. The van der Waals surface area contributed by atoms with Crippen molar-refractivity contribution in [2.75, 3.05) is 7.05 Å². The summed E-state index contributed by atoms with van der Waals surface area (Å²) in [5.74, 6) is 0. The van der Waals surface area contributed by atoms with Crippen LogP contribution in [0.25, 0.3) is 0 Å². The van der Waals surface area contributed by atoms with Crippen LogP contribution in [0, 0.1) is 0 Å². The van der Waals surface area contributed by atoms with Crippen molar-refractivity contribution in [1.29, 1.82) is 0 Å². The molecule has 5 nitrogen and oxygen atoms in total. The van der Waals surface area contributed by atoms with Crippen molar-refractivity contribution in [3.8, 4) is 0 Å². The number of hydrogen-bond donors (Lipinski definition) is 2. The largest absolute Gasteiger partial charge is 0.465 e. The Balaban J connectivity index is 2.54. The van der Waals surface area contributed by atoms with Crippen LogP contribution in [0.4, 0.5) is 4.79 Å². The van der Waals surface area contributed by atoms with E-state index in [1.54, 1.807) is 0 Å². The van der Waals surface area contributed by atoms with Gasteiger partial charge < -0.3 is 19.8 Å². The molecule has 1 amide bonds. The van der Waals surface area contributed by atoms with E-state index in [0.717, 1.165) is 0 Å². The molecule has 1 fully saturated rings. The zero-order chi connectivity index (χ0) is 10.0. The Bertz CT molecular complexity index is 187. The van der Waals surface area contributed by atoms with Crippen LogP contribution in [0.1, 0.15) is 19.8 Å². The SMILES string of the molecule is C[C@@H]1C[C@H](N(C)C(=O)O)CC(O)O1. The number of aliphatic hydroxyl groups excluding tert-OH is 1. The van der Waals surface area contributed by atoms with Gasteiger partial charge in [-0.05, 0) is 13.3 Å². The summed E-state index contributed by atoms with van der Waals surface area (Å²) in [4.78, 5) is 11.8. The highest BCUT2D eigenvalue weighted by atomic mass is 16.6. The van der Waals surface area contributed by atoms with Crippen LogP contribution in [0.5, 0.6) is 0 Å². The third kappa shape index (κ3) is 2.57. The molecule has 0 aromatic heterocycles. The minimum Gasteiger partial charge on any atom is -0.465 e. The Hall–Kier alpha value is -0.810. The van der Waals surface area contributed by atoms with Crippen molar-refractivity contribution < 1.29 is 19.7 Å². The van der Waals surface area contributed by atoms with E-state index in [1.165, 1.54) is 11.9 Å². The predicted octanol–water partition coefficient (Wildman–Crippen LogP) is 0.482. The van der Waals surface area contributed by atoms with Gasteiger partial charge in [-0.25, -0.2) is 4.79 Å². The van der Waals surface area contributed by atoms with Gasteiger partial charge in [-0.15, -0.1) is 0 Å². The van der Waals surface area contributed by atoms with Crippen molar-refractivity contribution in [2.24, 2.45) is 0 Å². The molecular formula is C8H15NO4. The van der Waals surface area contributed by atoms with Crippen LogP contribution in [0.3, 0.4) is 0 Å². The van der Waals surface area contributed by atoms with Crippen molar-refractivity contribution in [1.82, 2.24) is 4.90 Å². The molecule has 1 heterocycles. The molecule has 1 rings (SSSR count). The summed E-state index contributed by atoms with van der Waals surface area (Å²) in [6.45, 7) is 1.82. The fraction of sp³-hybridized carbons (Fsp3) is 0.875. The molecule has 0 bridgehead atoms. The van der Waals surface area contributed by atoms with Gasteiger partial charge >= 0.3 is 6.09 Å². The van der Waals surface area contributed by atoms with Gasteiger partial charge in [0.15, 0.2) is 6.29 Å². The van der Waals surface area contributed by atoms with Gasteiger partial charge in [-0.1, -0.05) is 0 Å². The molecule has 1 aliphatic heterocycles. The second-order valence-electron chi connectivity index (χ2n) is 3.42. The highest BCUT2D eigenvalue weighted by molar-refractivity contribution is 5.64. The Kier molecular flexibility index (Phi) is 3.11. The monoisotopic (exact) mass is 189 g/mol. The van der Waals surface area contributed by atoms with Crippen LogP contribution in [0.15, 0.2) is 0 Å². The van der Waals surface area contributed by atoms with E-state index >= 15 is 0 Å². The number of carbonyl (C=O) groups is 1. The van der Waals surface area contributed by atoms with E-state index in [0.29, 0.717) is 12.8 Å². The molecule has 0 radical (unpaired) electrons. The van der Waals surface area contributed by atoms with E-state index in [1.807, 2.05) is 6.92 Å². The average Bonchev–Trinajstić information content (AvgIpc) is 2.01. The van der Waals surface area contributed by atoms with E-state index in [-0.39, 0.29) is 12.1 Å². The van der Waals surface area contributed by atoms with Crippen LogP contribution in [-0.4, -0.2) is 46.7 Å². The molecule has 3 atom stereocenters. The van der Waals surface area contributed by atoms with Gasteiger partial charge in [0.25, 0.3) is 0 Å². The molecule has 0 aromatic rings. The molecule has 0 spiro atoms.